The van der Waals surface area contributed by atoms with Crippen molar-refractivity contribution in [2.45, 2.75) is 64.2 Å². The smallest absolute Gasteiger partial charge is 0.260 e. The Morgan fingerprint density at radius 1 is 0.690 bits per heavy atom. The Morgan fingerprint density at radius 2 is 1.18 bits per heavy atom. The van der Waals surface area contributed by atoms with Gasteiger partial charge in [0.1, 0.15) is 6.04 Å². The van der Waals surface area contributed by atoms with E-state index in [9.17, 15) is 19.2 Å². The molecule has 0 spiro atoms. The van der Waals surface area contributed by atoms with Crippen molar-refractivity contribution in [1.29, 1.82) is 0 Å². The maximum absolute atomic E-state index is 14.0. The van der Waals surface area contributed by atoms with Crippen LogP contribution in [0, 0.1) is 5.92 Å². The number of fused-ring (bicyclic) bond motifs is 4. The number of aliphatic imine (C=N–C) groups is 2. The summed E-state index contributed by atoms with van der Waals surface area (Å²) in [6.07, 6.45) is 9.08. The van der Waals surface area contributed by atoms with Crippen LogP contribution in [-0.4, -0.2) is 136 Å². The lowest BCUT2D eigenvalue weighted by Crippen LogP contribution is -2.50. The van der Waals surface area contributed by atoms with Crippen molar-refractivity contribution in [1.82, 2.24) is 20.0 Å². The van der Waals surface area contributed by atoms with Gasteiger partial charge in [-0.3, -0.25) is 29.2 Å². The van der Waals surface area contributed by atoms with Gasteiger partial charge in [-0.25, -0.2) is 0 Å². The molecule has 0 saturated carbocycles. The molecule has 4 aromatic carbocycles. The largest absolute Gasteiger partial charge is 0.493 e. The number of anilines is 2. The molecule has 5 heterocycles. The number of nitrogens with two attached hydrogens (primary N) is 1. The van der Waals surface area contributed by atoms with Crippen molar-refractivity contribution in [3.63, 3.8) is 0 Å². The highest BCUT2D eigenvalue weighted by atomic mass is 16.5. The fourth-order valence-electron chi connectivity index (χ4n) is 9.21. The summed E-state index contributed by atoms with van der Waals surface area (Å²) in [6, 6.07) is 20.8. The van der Waals surface area contributed by atoms with Crippen molar-refractivity contribution in [2.24, 2.45) is 21.6 Å². The molecule has 1 fully saturated rings. The predicted octanol–water partition coefficient (Wildman–Crippen LogP) is 6.67. The quantitative estimate of drug-likeness (QED) is 0.102. The van der Waals surface area contributed by atoms with Gasteiger partial charge in [-0.2, -0.15) is 0 Å². The summed E-state index contributed by atoms with van der Waals surface area (Å²) in [5, 5.41) is 5.50. The molecule has 4 N–H and O–H groups in total. The third-order valence-electron chi connectivity index (χ3n) is 13.6. The van der Waals surface area contributed by atoms with E-state index in [1.165, 1.54) is 12.8 Å². The van der Waals surface area contributed by atoms with Crippen LogP contribution in [0.4, 0.5) is 22.7 Å². The number of nitrogens with one attached hydrogen (secondary N) is 2. The zero-order chi connectivity index (χ0) is 49.9. The molecule has 4 aromatic rings. The minimum absolute atomic E-state index is 0.0595. The maximum atomic E-state index is 14.0. The highest BCUT2D eigenvalue weighted by Crippen LogP contribution is 2.42. The second-order valence-electron chi connectivity index (χ2n) is 18.8. The zero-order valence-electron chi connectivity index (χ0n) is 41.0. The van der Waals surface area contributed by atoms with Crippen LogP contribution in [0.15, 0.2) is 95.2 Å². The van der Waals surface area contributed by atoms with Crippen molar-refractivity contribution in [3.8, 4) is 23.0 Å². The van der Waals surface area contributed by atoms with E-state index >= 15 is 0 Å². The number of likely N-dealkylation sites (N-methyl/N-ethyl adjacent to an activating group) is 1. The molecule has 71 heavy (non-hydrogen) atoms. The van der Waals surface area contributed by atoms with Gasteiger partial charge in [-0.15, -0.1) is 0 Å². The Morgan fingerprint density at radius 3 is 1.66 bits per heavy atom. The summed E-state index contributed by atoms with van der Waals surface area (Å²) in [7, 11) is 5.22. The minimum Gasteiger partial charge on any atom is -0.493 e. The molecule has 9 rings (SSSR count). The summed E-state index contributed by atoms with van der Waals surface area (Å²) in [6.45, 7) is 9.95. The number of carbonyl (C=O) groups is 4. The average Bonchev–Trinajstić information content (AvgIpc) is 3.96. The van der Waals surface area contributed by atoms with Gasteiger partial charge in [0, 0.05) is 93.8 Å². The average molecular weight is 964 g/mol. The molecule has 4 amide bonds. The molecule has 0 aliphatic carbocycles. The first-order chi connectivity index (χ1) is 34.3. The van der Waals surface area contributed by atoms with Gasteiger partial charge in [-0.05, 0) is 78.6 Å². The monoisotopic (exact) mass is 963 g/mol. The number of hydrogen-bond donors (Lipinski definition) is 3. The Balaban J connectivity index is 0.785. The van der Waals surface area contributed by atoms with Crippen LogP contribution >= 0.6 is 0 Å². The van der Waals surface area contributed by atoms with Gasteiger partial charge in [0.15, 0.2) is 23.0 Å². The number of amides is 4. The van der Waals surface area contributed by atoms with Gasteiger partial charge in [0.2, 0.25) is 11.8 Å². The highest BCUT2D eigenvalue weighted by Gasteiger charge is 2.35. The highest BCUT2D eigenvalue weighted by molar-refractivity contribution is 6.07. The SMILES string of the molecule is COc1cc2c(cc1OCCCOc1cc3c(cc1OC)C(=O)N1C=C(c4ccc(N5CCN(C)CC5)cc4)C[C@H]1C=N3)N=C[C@@H]1CC(c3ccc(NC(=O)[C@H](C)NC(=O)[C@@H](N)C(C)C)cc3)=CN1C2=O. The number of methoxy groups -OCH3 is 2. The molecule has 0 radical (unpaired) electrons. The number of carbonyl (C=O) groups excluding carboxylic acids is 4. The Hall–Kier alpha value is -7.50. The van der Waals surface area contributed by atoms with Gasteiger partial charge in [0.25, 0.3) is 11.8 Å². The van der Waals surface area contributed by atoms with Crippen LogP contribution in [0.3, 0.4) is 0 Å². The van der Waals surface area contributed by atoms with Crippen LogP contribution in [0.25, 0.3) is 11.1 Å². The summed E-state index contributed by atoms with van der Waals surface area (Å²) in [5.41, 5.74) is 13.5. The number of hydrogen-bond acceptors (Lipinski definition) is 13. The number of nitrogens with zero attached hydrogens (tertiary/aromatic N) is 6. The van der Waals surface area contributed by atoms with E-state index in [1.54, 1.807) is 66.4 Å². The number of ether oxygens (including phenoxy) is 4. The van der Waals surface area contributed by atoms with Crippen LogP contribution in [-0.2, 0) is 9.59 Å². The molecule has 17 heteroatoms. The van der Waals surface area contributed by atoms with E-state index in [4.69, 9.17) is 34.7 Å². The maximum Gasteiger partial charge on any atom is 0.260 e. The summed E-state index contributed by atoms with van der Waals surface area (Å²) < 4.78 is 23.8. The van der Waals surface area contributed by atoms with Crippen molar-refractivity contribution < 1.29 is 38.1 Å². The fraction of sp³-hybridized carbons (Fsp3) is 0.370. The molecule has 0 unspecified atom stereocenters. The Labute approximate surface area is 414 Å². The predicted molar refractivity (Wildman–Crippen MR) is 275 cm³/mol. The van der Waals surface area contributed by atoms with Crippen LogP contribution in [0.2, 0.25) is 0 Å². The molecule has 370 valence electrons. The lowest BCUT2D eigenvalue weighted by molar-refractivity contribution is -0.127. The van der Waals surface area contributed by atoms with Gasteiger partial charge in [-0.1, -0.05) is 38.1 Å². The van der Waals surface area contributed by atoms with Gasteiger partial charge in [0.05, 0.1) is 68.1 Å². The summed E-state index contributed by atoms with van der Waals surface area (Å²) in [4.78, 5) is 70.9. The lowest BCUT2D eigenvalue weighted by atomic mass is 10.0. The van der Waals surface area contributed by atoms with Crippen LogP contribution in [0.5, 0.6) is 23.0 Å². The zero-order valence-corrected chi connectivity index (χ0v) is 41.0. The molecular formula is C54H61N9O8. The molecule has 5 aliphatic rings. The first-order valence-corrected chi connectivity index (χ1v) is 24.1. The third-order valence-corrected chi connectivity index (χ3v) is 13.6. The van der Waals surface area contributed by atoms with Crippen LogP contribution in [0.1, 0.15) is 71.9 Å². The van der Waals surface area contributed by atoms with Gasteiger partial charge >= 0.3 is 0 Å². The first-order valence-electron chi connectivity index (χ1n) is 24.1. The fourth-order valence-corrected chi connectivity index (χ4v) is 9.21. The third kappa shape index (κ3) is 10.4. The standard InChI is InChI=1S/C54H61N9O8/c1-32(2)50(55)52(65)58-33(3)51(64)59-38-12-8-34(9-13-38)36-22-40-28-56-44-26-48(46(68-5)24-42(44)53(66)62(40)30-36)70-20-7-21-71-49-27-45-43(25-47(49)69-6)54(67)63-31-37(23-41(63)29-57-45)35-10-14-39(15-11-35)61-18-16-60(4)17-19-61/h8-15,24-33,40-41,50H,7,16-23,55H2,1-6H3,(H,58,65)(H,59,64)/t33-,40-,41-,50-/m0/s1. The number of rotatable bonds is 16. The molecule has 0 bridgehead atoms. The minimum atomic E-state index is -0.776. The van der Waals surface area contributed by atoms with E-state index in [2.05, 4.69) is 51.7 Å². The van der Waals surface area contributed by atoms with Crippen LogP contribution < -0.4 is 40.2 Å². The molecule has 1 saturated heterocycles. The molecule has 4 atom stereocenters. The van der Waals surface area contributed by atoms with E-state index in [1.807, 2.05) is 44.6 Å². The lowest BCUT2D eigenvalue weighted by Gasteiger charge is -2.34. The second-order valence-corrected chi connectivity index (χ2v) is 18.8. The normalized spacial score (nSPS) is 19.1. The van der Waals surface area contributed by atoms with Crippen molar-refractivity contribution in [3.05, 3.63) is 107 Å². The van der Waals surface area contributed by atoms with Crippen molar-refractivity contribution >= 4 is 70.0 Å². The summed E-state index contributed by atoms with van der Waals surface area (Å²) in [5.74, 6) is 0.534. The Kier molecular flexibility index (Phi) is 14.2. The van der Waals surface area contributed by atoms with E-state index in [0.29, 0.717) is 70.4 Å². The van der Waals surface area contributed by atoms with E-state index in [-0.39, 0.29) is 54.8 Å². The van der Waals surface area contributed by atoms with Crippen molar-refractivity contribution in [2.75, 3.05) is 70.9 Å². The Bertz CT molecular complexity index is 2820. The van der Waals surface area contributed by atoms with E-state index < -0.39 is 12.1 Å². The van der Waals surface area contributed by atoms with E-state index in [0.717, 1.165) is 48.5 Å². The molecule has 5 aliphatic heterocycles. The van der Waals surface area contributed by atoms with Gasteiger partial charge < -0.3 is 54.9 Å². The number of piperazine rings is 1. The topological polar surface area (TPSA) is 193 Å². The second kappa shape index (κ2) is 20.8. The number of benzene rings is 4. The molecule has 0 aromatic heterocycles. The summed E-state index contributed by atoms with van der Waals surface area (Å²) >= 11 is 0. The molecular weight excluding hydrogens is 903 g/mol. The first kappa shape index (κ1) is 48.5. The molecule has 17 nitrogen and oxygen atoms in total.